The molecule has 1 aliphatic heterocycles. The standard InChI is InChI=1S/C30H40O7/c1-15(10-17(31)11-16(2)25(35)36)24-18(32)14-28(6)29(24,7)22(34)12-20-27(5)9-8-21(33)26(3,4)19(27)13-23-30(20,28)37-23/h10,12,16,18-19,23-24,32H,8-9,11,13-14H2,1-7H3,(H,35,36)/b15-10-/t16-,18+,19-,23-,24-,27-,28+,29+,30+/m1/s1. The number of ketones is 3. The summed E-state index contributed by atoms with van der Waals surface area (Å²) in [4.78, 5) is 50.9. The number of epoxide rings is 1. The number of carboxylic acid groups (broad SMARTS) is 1. The molecule has 0 bridgehead atoms. The van der Waals surface area contributed by atoms with Crippen molar-refractivity contribution in [3.8, 4) is 0 Å². The molecule has 1 saturated heterocycles. The molecule has 0 aromatic carbocycles. The van der Waals surface area contributed by atoms with Crippen LogP contribution in [0.1, 0.15) is 80.6 Å². The van der Waals surface area contributed by atoms with Crippen LogP contribution in [0.25, 0.3) is 0 Å². The van der Waals surface area contributed by atoms with Gasteiger partial charge in [-0.15, -0.1) is 0 Å². The van der Waals surface area contributed by atoms with Gasteiger partial charge in [-0.2, -0.15) is 0 Å². The molecule has 9 atom stereocenters. The summed E-state index contributed by atoms with van der Waals surface area (Å²) in [6, 6.07) is 0. The number of hydrogen-bond acceptors (Lipinski definition) is 6. The van der Waals surface area contributed by atoms with Crippen LogP contribution in [0.15, 0.2) is 23.3 Å². The average molecular weight is 513 g/mol. The maximum atomic E-state index is 14.2. The third kappa shape index (κ3) is 3.07. The van der Waals surface area contributed by atoms with Crippen molar-refractivity contribution in [2.24, 2.45) is 39.4 Å². The molecule has 1 heterocycles. The van der Waals surface area contributed by atoms with Crippen LogP contribution in [0, 0.1) is 39.4 Å². The molecule has 7 nitrogen and oxygen atoms in total. The van der Waals surface area contributed by atoms with Gasteiger partial charge < -0.3 is 14.9 Å². The minimum Gasteiger partial charge on any atom is -0.481 e. The molecule has 4 aliphatic carbocycles. The second-order valence-corrected chi connectivity index (χ2v) is 13.7. The number of aliphatic hydroxyl groups excluding tert-OH is 1. The van der Waals surface area contributed by atoms with Crippen molar-refractivity contribution in [1.29, 1.82) is 0 Å². The first-order valence-corrected chi connectivity index (χ1v) is 13.6. The van der Waals surface area contributed by atoms with Gasteiger partial charge in [-0.1, -0.05) is 47.1 Å². The molecule has 5 rings (SSSR count). The fourth-order valence-corrected chi connectivity index (χ4v) is 9.34. The second-order valence-electron chi connectivity index (χ2n) is 13.7. The summed E-state index contributed by atoms with van der Waals surface area (Å²) in [6.45, 7) is 13.5. The molecule has 0 radical (unpaired) electrons. The molecule has 0 aromatic rings. The number of fused-ring (bicyclic) bond motifs is 3. The highest BCUT2D eigenvalue weighted by molar-refractivity contribution is 6.00. The third-order valence-electron chi connectivity index (χ3n) is 11.6. The number of rotatable bonds is 5. The number of aliphatic carboxylic acids is 1. The summed E-state index contributed by atoms with van der Waals surface area (Å²) >= 11 is 0. The summed E-state index contributed by atoms with van der Waals surface area (Å²) in [5.41, 5.74) is -1.61. The van der Waals surface area contributed by atoms with E-state index in [4.69, 9.17) is 4.74 Å². The number of aliphatic hydroxyl groups is 1. The van der Waals surface area contributed by atoms with Gasteiger partial charge in [0, 0.05) is 35.0 Å². The highest BCUT2D eigenvalue weighted by atomic mass is 16.6. The predicted molar refractivity (Wildman–Crippen MR) is 135 cm³/mol. The lowest BCUT2D eigenvalue weighted by atomic mass is 9.41. The Labute approximate surface area is 218 Å². The quantitative estimate of drug-likeness (QED) is 0.421. The number of ether oxygens (including phenoxy) is 1. The van der Waals surface area contributed by atoms with Crippen LogP contribution in [0.5, 0.6) is 0 Å². The minimum atomic E-state index is -1.03. The Bertz CT molecular complexity index is 1180. The predicted octanol–water partition coefficient (Wildman–Crippen LogP) is 4.07. The molecule has 3 saturated carbocycles. The largest absolute Gasteiger partial charge is 0.481 e. The van der Waals surface area contributed by atoms with E-state index in [0.29, 0.717) is 24.8 Å². The molecular weight excluding hydrogens is 472 g/mol. The Kier molecular flexibility index (Phi) is 5.53. The molecule has 5 aliphatic rings. The van der Waals surface area contributed by atoms with Crippen LogP contribution >= 0.6 is 0 Å². The summed E-state index contributed by atoms with van der Waals surface area (Å²) in [6.07, 6.45) is 4.36. The van der Waals surface area contributed by atoms with Gasteiger partial charge >= 0.3 is 5.97 Å². The lowest BCUT2D eigenvalue weighted by molar-refractivity contribution is -0.143. The number of hydrogen-bond donors (Lipinski definition) is 2. The van der Waals surface area contributed by atoms with Crippen molar-refractivity contribution in [3.63, 3.8) is 0 Å². The van der Waals surface area contributed by atoms with Crippen LogP contribution in [0.2, 0.25) is 0 Å². The maximum absolute atomic E-state index is 14.2. The highest BCUT2D eigenvalue weighted by Crippen LogP contribution is 2.79. The summed E-state index contributed by atoms with van der Waals surface area (Å²) in [7, 11) is 0. The van der Waals surface area contributed by atoms with Gasteiger partial charge in [-0.25, -0.2) is 0 Å². The molecule has 2 N–H and O–H groups in total. The third-order valence-corrected chi connectivity index (χ3v) is 11.6. The zero-order valence-electron chi connectivity index (χ0n) is 23.0. The molecule has 0 unspecified atom stereocenters. The number of allylic oxidation sites excluding steroid dienone is 2. The number of carboxylic acids is 1. The van der Waals surface area contributed by atoms with E-state index in [1.165, 1.54) is 13.0 Å². The zero-order valence-corrected chi connectivity index (χ0v) is 23.0. The van der Waals surface area contributed by atoms with Gasteiger partial charge in [0.05, 0.1) is 18.1 Å². The van der Waals surface area contributed by atoms with E-state index >= 15 is 0 Å². The van der Waals surface area contributed by atoms with Crippen LogP contribution in [-0.2, 0) is 23.9 Å². The Morgan fingerprint density at radius 3 is 2.46 bits per heavy atom. The fourth-order valence-electron chi connectivity index (χ4n) is 9.34. The first-order valence-electron chi connectivity index (χ1n) is 13.6. The summed E-state index contributed by atoms with van der Waals surface area (Å²) in [5, 5.41) is 20.6. The molecule has 1 spiro atoms. The lowest BCUT2D eigenvalue weighted by Gasteiger charge is -2.60. The van der Waals surface area contributed by atoms with Gasteiger partial charge in [0.15, 0.2) is 11.6 Å². The molecule has 0 amide bonds. The molecule has 4 fully saturated rings. The van der Waals surface area contributed by atoms with Gasteiger partial charge in [-0.05, 0) is 55.2 Å². The van der Waals surface area contributed by atoms with Gasteiger partial charge in [0.1, 0.15) is 11.4 Å². The van der Waals surface area contributed by atoms with E-state index in [0.717, 1.165) is 12.0 Å². The van der Waals surface area contributed by atoms with Crippen molar-refractivity contribution in [1.82, 2.24) is 0 Å². The van der Waals surface area contributed by atoms with Gasteiger partial charge in [0.25, 0.3) is 0 Å². The van der Waals surface area contributed by atoms with Crippen LogP contribution in [0.4, 0.5) is 0 Å². The molecular formula is C30H40O7. The number of carbonyl (C=O) groups excluding carboxylic acids is 3. The Morgan fingerprint density at radius 1 is 1.19 bits per heavy atom. The number of Topliss-reactive ketones (excluding diaryl/α,β-unsaturated/α-hetero) is 1. The number of carbonyl (C=O) groups is 4. The molecule has 37 heavy (non-hydrogen) atoms. The first kappa shape index (κ1) is 26.5. The fraction of sp³-hybridized carbons (Fsp3) is 0.733. The minimum absolute atomic E-state index is 0.0675. The maximum Gasteiger partial charge on any atom is 0.306 e. The van der Waals surface area contributed by atoms with Crippen LogP contribution < -0.4 is 0 Å². The van der Waals surface area contributed by atoms with E-state index < -0.39 is 45.8 Å². The lowest BCUT2D eigenvalue weighted by Crippen LogP contribution is -2.63. The monoisotopic (exact) mass is 512 g/mol. The SMILES string of the molecule is C/C(=C/C(=O)C[C@@H](C)C(=O)O)[C@@H]1[C@@H](O)C[C@@]2(C)[C@@]1(C)C(=O)C=C1[C@]3(C)CCC(=O)C(C)(C)[C@H]3C[C@H]3O[C@@]132. The van der Waals surface area contributed by atoms with Crippen molar-refractivity contribution >= 4 is 23.3 Å². The van der Waals surface area contributed by atoms with E-state index in [1.807, 2.05) is 20.8 Å². The Balaban J connectivity index is 1.57. The smallest absolute Gasteiger partial charge is 0.306 e. The van der Waals surface area contributed by atoms with Gasteiger partial charge in [0.2, 0.25) is 0 Å². The van der Waals surface area contributed by atoms with Crippen molar-refractivity contribution in [2.45, 2.75) is 98.4 Å². The molecule has 7 heteroatoms. The van der Waals surface area contributed by atoms with Crippen molar-refractivity contribution in [3.05, 3.63) is 23.3 Å². The Morgan fingerprint density at radius 2 is 1.84 bits per heavy atom. The zero-order chi connectivity index (χ0) is 27.5. The molecule has 202 valence electrons. The van der Waals surface area contributed by atoms with E-state index in [2.05, 4.69) is 13.8 Å². The second kappa shape index (κ2) is 7.72. The van der Waals surface area contributed by atoms with Crippen molar-refractivity contribution in [2.75, 3.05) is 0 Å². The highest BCUT2D eigenvalue weighted by Gasteiger charge is 2.84. The first-order chi connectivity index (χ1) is 17.0. The van der Waals surface area contributed by atoms with Crippen molar-refractivity contribution < 1.29 is 34.1 Å². The molecule has 0 aromatic heterocycles. The van der Waals surface area contributed by atoms with Crippen LogP contribution in [0.3, 0.4) is 0 Å². The Hall–Kier alpha value is -2.12. The van der Waals surface area contributed by atoms with E-state index in [1.54, 1.807) is 13.0 Å². The van der Waals surface area contributed by atoms with Crippen LogP contribution in [-0.4, -0.2) is 51.3 Å². The van der Waals surface area contributed by atoms with Gasteiger partial charge in [-0.3, -0.25) is 19.2 Å². The normalized spacial score (nSPS) is 46.7. The van der Waals surface area contributed by atoms with E-state index in [9.17, 15) is 29.4 Å². The topological polar surface area (TPSA) is 121 Å². The summed E-state index contributed by atoms with van der Waals surface area (Å²) < 4.78 is 6.63. The average Bonchev–Trinajstić information content (AvgIpc) is 3.47. The van der Waals surface area contributed by atoms with E-state index in [-0.39, 0.29) is 41.2 Å². The summed E-state index contributed by atoms with van der Waals surface area (Å²) in [5.74, 6) is -2.48.